The fraction of sp³-hybridized carbons (Fsp3) is 0.500. The molecule has 0 bridgehead atoms. The van der Waals surface area contributed by atoms with Crippen LogP contribution in [0.1, 0.15) is 26.2 Å². The highest BCUT2D eigenvalue weighted by atomic mass is 16.5. The molecule has 1 saturated heterocycles. The molecular weight excluding hydrogens is 270 g/mol. The summed E-state index contributed by atoms with van der Waals surface area (Å²) in [5.74, 6) is -0.950. The summed E-state index contributed by atoms with van der Waals surface area (Å²) >= 11 is 0. The van der Waals surface area contributed by atoms with Gasteiger partial charge in [0.05, 0.1) is 18.6 Å². The number of benzene rings is 1. The summed E-state index contributed by atoms with van der Waals surface area (Å²) in [6, 6.07) is 9.39. The predicted octanol–water partition coefficient (Wildman–Crippen LogP) is 2.31. The molecule has 2 rings (SSSR count). The second kappa shape index (κ2) is 7.22. The number of hydrogen-bond donors (Lipinski definition) is 1. The Morgan fingerprint density at radius 1 is 1.33 bits per heavy atom. The highest BCUT2D eigenvalue weighted by Crippen LogP contribution is 2.24. The maximum Gasteiger partial charge on any atom is 0.303 e. The average molecular weight is 291 g/mol. The van der Waals surface area contributed by atoms with E-state index >= 15 is 0 Å². The molecule has 5 heteroatoms. The molecule has 2 atom stereocenters. The Morgan fingerprint density at radius 3 is 2.62 bits per heavy atom. The molecule has 1 aliphatic rings. The summed E-state index contributed by atoms with van der Waals surface area (Å²) in [7, 11) is 0. The van der Waals surface area contributed by atoms with Gasteiger partial charge >= 0.3 is 5.97 Å². The van der Waals surface area contributed by atoms with E-state index in [1.165, 1.54) is 0 Å². The maximum atomic E-state index is 12.7. The summed E-state index contributed by atoms with van der Waals surface area (Å²) in [6.07, 6.45) is 1.34. The number of carboxylic acids is 1. The second-order valence-corrected chi connectivity index (χ2v) is 5.40. The molecule has 0 aliphatic carbocycles. The Hall–Kier alpha value is -1.88. The van der Waals surface area contributed by atoms with Crippen LogP contribution in [0.4, 0.5) is 5.69 Å². The molecule has 2 unspecified atom stereocenters. The van der Waals surface area contributed by atoms with Crippen molar-refractivity contribution in [3.63, 3.8) is 0 Å². The fourth-order valence-electron chi connectivity index (χ4n) is 2.57. The number of rotatable bonds is 6. The van der Waals surface area contributed by atoms with Gasteiger partial charge in [-0.1, -0.05) is 18.2 Å². The first-order valence-electron chi connectivity index (χ1n) is 7.27. The third kappa shape index (κ3) is 4.29. The van der Waals surface area contributed by atoms with Crippen LogP contribution in [0.5, 0.6) is 0 Å². The van der Waals surface area contributed by atoms with Crippen LogP contribution in [-0.4, -0.2) is 36.2 Å². The third-order valence-electron chi connectivity index (χ3n) is 3.65. The Balaban J connectivity index is 2.07. The lowest BCUT2D eigenvalue weighted by atomic mass is 10.0. The van der Waals surface area contributed by atoms with Crippen LogP contribution in [-0.2, 0) is 14.3 Å². The van der Waals surface area contributed by atoms with Crippen LogP contribution in [0.25, 0.3) is 0 Å². The van der Waals surface area contributed by atoms with Crippen molar-refractivity contribution in [2.75, 3.05) is 18.1 Å². The number of amides is 1. The normalized spacial score (nSPS) is 21.2. The van der Waals surface area contributed by atoms with Crippen molar-refractivity contribution >= 4 is 17.6 Å². The van der Waals surface area contributed by atoms with Gasteiger partial charge in [-0.2, -0.15) is 0 Å². The number of carbonyl (C=O) groups is 2. The predicted molar refractivity (Wildman–Crippen MR) is 79.2 cm³/mol. The second-order valence-electron chi connectivity index (χ2n) is 5.40. The van der Waals surface area contributed by atoms with Crippen molar-refractivity contribution in [3.05, 3.63) is 30.3 Å². The van der Waals surface area contributed by atoms with Gasteiger partial charge in [0, 0.05) is 18.7 Å². The summed E-state index contributed by atoms with van der Waals surface area (Å²) < 4.78 is 5.47. The Kier molecular flexibility index (Phi) is 5.33. The van der Waals surface area contributed by atoms with Crippen molar-refractivity contribution in [1.82, 2.24) is 0 Å². The van der Waals surface area contributed by atoms with Crippen LogP contribution in [0.2, 0.25) is 0 Å². The lowest BCUT2D eigenvalue weighted by molar-refractivity contribution is -0.137. The van der Waals surface area contributed by atoms with E-state index in [1.807, 2.05) is 37.3 Å². The molecule has 0 aromatic heterocycles. The van der Waals surface area contributed by atoms with Crippen LogP contribution in [0, 0.1) is 5.92 Å². The molecule has 1 aliphatic heterocycles. The topological polar surface area (TPSA) is 66.8 Å². The Labute approximate surface area is 124 Å². The van der Waals surface area contributed by atoms with Crippen molar-refractivity contribution in [1.29, 1.82) is 0 Å². The Morgan fingerprint density at radius 2 is 2.05 bits per heavy atom. The molecule has 1 fully saturated rings. The van der Waals surface area contributed by atoms with Crippen LogP contribution in [0.15, 0.2) is 30.3 Å². The van der Waals surface area contributed by atoms with Crippen molar-refractivity contribution < 1.29 is 19.4 Å². The lowest BCUT2D eigenvalue weighted by Gasteiger charge is -2.25. The zero-order valence-electron chi connectivity index (χ0n) is 12.2. The number of hydrogen-bond acceptors (Lipinski definition) is 3. The summed E-state index contributed by atoms with van der Waals surface area (Å²) in [6.45, 7) is 2.83. The first-order chi connectivity index (χ1) is 10.1. The number of aliphatic carboxylic acids is 1. The third-order valence-corrected chi connectivity index (χ3v) is 3.65. The van der Waals surface area contributed by atoms with Gasteiger partial charge < -0.3 is 14.7 Å². The first-order valence-corrected chi connectivity index (χ1v) is 7.27. The highest BCUT2D eigenvalue weighted by Gasteiger charge is 2.32. The van der Waals surface area contributed by atoms with E-state index in [4.69, 9.17) is 9.84 Å². The largest absolute Gasteiger partial charge is 0.481 e. The zero-order valence-corrected chi connectivity index (χ0v) is 12.2. The molecule has 21 heavy (non-hydrogen) atoms. The number of nitrogens with zero attached hydrogens (tertiary/aromatic N) is 1. The fourth-order valence-corrected chi connectivity index (χ4v) is 2.57. The van der Waals surface area contributed by atoms with Crippen molar-refractivity contribution in [3.8, 4) is 0 Å². The maximum absolute atomic E-state index is 12.7. The van der Waals surface area contributed by atoms with E-state index in [-0.39, 0.29) is 24.3 Å². The monoisotopic (exact) mass is 291 g/mol. The van der Waals surface area contributed by atoms with Crippen LogP contribution in [0.3, 0.4) is 0 Å². The van der Waals surface area contributed by atoms with E-state index in [0.29, 0.717) is 19.6 Å². The van der Waals surface area contributed by atoms with Gasteiger partial charge in [0.15, 0.2) is 0 Å². The van der Waals surface area contributed by atoms with Gasteiger partial charge in [0.25, 0.3) is 0 Å². The number of carboxylic acid groups (broad SMARTS) is 1. The van der Waals surface area contributed by atoms with E-state index < -0.39 is 5.97 Å². The molecule has 1 N–H and O–H groups in total. The van der Waals surface area contributed by atoms with E-state index in [1.54, 1.807) is 4.90 Å². The standard InChI is InChI=1S/C16H21NO4/c1-12-10-13(11-21-12)16(20)17(9-5-8-15(18)19)14-6-3-2-4-7-14/h2-4,6-7,12-13H,5,8-11H2,1H3,(H,18,19). The summed E-state index contributed by atoms with van der Waals surface area (Å²) in [5.41, 5.74) is 0.812. The minimum absolute atomic E-state index is 0.0240. The molecule has 1 aromatic rings. The quantitative estimate of drug-likeness (QED) is 0.873. The van der Waals surface area contributed by atoms with Gasteiger partial charge in [-0.15, -0.1) is 0 Å². The van der Waals surface area contributed by atoms with E-state index in [9.17, 15) is 9.59 Å². The summed E-state index contributed by atoms with van der Waals surface area (Å²) in [4.78, 5) is 25.0. The van der Waals surface area contributed by atoms with Crippen LogP contribution >= 0.6 is 0 Å². The molecule has 5 nitrogen and oxygen atoms in total. The minimum Gasteiger partial charge on any atom is -0.481 e. The molecule has 0 radical (unpaired) electrons. The van der Waals surface area contributed by atoms with Gasteiger partial charge in [-0.05, 0) is 31.9 Å². The molecule has 1 aromatic carbocycles. The SMILES string of the molecule is CC1CC(C(=O)N(CCCC(=O)O)c2ccccc2)CO1. The van der Waals surface area contributed by atoms with E-state index in [0.717, 1.165) is 12.1 Å². The number of anilines is 1. The molecule has 114 valence electrons. The average Bonchev–Trinajstić information content (AvgIpc) is 2.90. The first kappa shape index (κ1) is 15.5. The highest BCUT2D eigenvalue weighted by molar-refractivity contribution is 5.95. The molecule has 0 saturated carbocycles. The molecule has 1 amide bonds. The lowest BCUT2D eigenvalue weighted by Crippen LogP contribution is -2.37. The summed E-state index contributed by atoms with van der Waals surface area (Å²) in [5, 5.41) is 8.76. The number of ether oxygens (including phenoxy) is 1. The molecular formula is C16H21NO4. The van der Waals surface area contributed by atoms with Gasteiger partial charge in [0.1, 0.15) is 0 Å². The van der Waals surface area contributed by atoms with Crippen molar-refractivity contribution in [2.45, 2.75) is 32.3 Å². The van der Waals surface area contributed by atoms with Gasteiger partial charge in [-0.25, -0.2) is 0 Å². The molecule has 1 heterocycles. The number of para-hydroxylation sites is 1. The molecule has 0 spiro atoms. The Bertz CT molecular complexity index is 488. The van der Waals surface area contributed by atoms with E-state index in [2.05, 4.69) is 0 Å². The number of carbonyl (C=O) groups excluding carboxylic acids is 1. The van der Waals surface area contributed by atoms with Crippen molar-refractivity contribution in [2.24, 2.45) is 5.92 Å². The smallest absolute Gasteiger partial charge is 0.303 e. The zero-order chi connectivity index (χ0) is 15.2. The van der Waals surface area contributed by atoms with Gasteiger partial charge in [-0.3, -0.25) is 9.59 Å². The minimum atomic E-state index is -0.840. The van der Waals surface area contributed by atoms with Gasteiger partial charge in [0.2, 0.25) is 5.91 Å². The van der Waals surface area contributed by atoms with Crippen LogP contribution < -0.4 is 4.90 Å².